The molecule has 44 heavy (non-hydrogen) atoms. The van der Waals surface area contributed by atoms with Gasteiger partial charge >= 0.3 is 12.1 Å². The lowest BCUT2D eigenvalue weighted by Gasteiger charge is -2.16. The fraction of sp³-hybridized carbons (Fsp3) is 0.129. The predicted molar refractivity (Wildman–Crippen MR) is 157 cm³/mol. The van der Waals surface area contributed by atoms with Crippen LogP contribution in [0.5, 0.6) is 5.75 Å². The van der Waals surface area contributed by atoms with E-state index in [1.807, 2.05) is 30.3 Å². The van der Waals surface area contributed by atoms with E-state index in [1.165, 1.54) is 17.1 Å². The summed E-state index contributed by atoms with van der Waals surface area (Å²) in [6, 6.07) is 26.0. The zero-order chi connectivity index (χ0) is 31.5. The van der Waals surface area contributed by atoms with Gasteiger partial charge in [-0.25, -0.2) is 9.80 Å². The zero-order valence-corrected chi connectivity index (χ0v) is 23.7. The van der Waals surface area contributed by atoms with Crippen molar-refractivity contribution in [2.24, 2.45) is 15.2 Å². The van der Waals surface area contributed by atoms with Crippen LogP contribution in [0.2, 0.25) is 0 Å². The summed E-state index contributed by atoms with van der Waals surface area (Å²) in [5.74, 6) is -1.29. The number of carboxylic acids is 1. The van der Waals surface area contributed by atoms with E-state index in [2.05, 4.69) is 9.50 Å². The van der Waals surface area contributed by atoms with Gasteiger partial charge in [-0.15, -0.1) is 4.40 Å². The second-order valence-corrected chi connectivity index (χ2v) is 11.4. The van der Waals surface area contributed by atoms with Crippen molar-refractivity contribution >= 4 is 27.7 Å². The largest absolute Gasteiger partial charge is 0.489 e. The number of rotatable bonds is 8. The number of hydrogen-bond donors (Lipinski definition) is 2. The van der Waals surface area contributed by atoms with Crippen molar-refractivity contribution in [1.29, 1.82) is 0 Å². The molecule has 0 bridgehead atoms. The minimum absolute atomic E-state index is 0.136. The Kier molecular flexibility index (Phi) is 8.41. The Morgan fingerprint density at radius 3 is 2.30 bits per heavy atom. The summed E-state index contributed by atoms with van der Waals surface area (Å²) < 4.78 is 74.6. The Bertz CT molecular complexity index is 1830. The molecule has 0 aromatic heterocycles. The standard InChI is InChI=1S/C31H25F3N4O5S/c32-31(33,34)24-7-4-8-26(17-24)44(41,42)37-30(35)38-18-27(21-5-2-1-3-6-21)28(36-38)22-13-15-25(16-14-22)43-19-20-9-11-23(12-10-20)29(39)40/h1-17,27H,18-19H2,(H2,35,37)(H,39,40). The number of aromatic carboxylic acids is 1. The highest BCUT2D eigenvalue weighted by Crippen LogP contribution is 2.32. The van der Waals surface area contributed by atoms with Gasteiger partial charge in [0.2, 0.25) is 5.96 Å². The van der Waals surface area contributed by atoms with Crippen LogP contribution in [0, 0.1) is 0 Å². The van der Waals surface area contributed by atoms with Gasteiger partial charge in [0.25, 0.3) is 10.0 Å². The van der Waals surface area contributed by atoms with Crippen LogP contribution in [-0.4, -0.2) is 42.7 Å². The van der Waals surface area contributed by atoms with Gasteiger partial charge < -0.3 is 15.6 Å². The monoisotopic (exact) mass is 622 g/mol. The summed E-state index contributed by atoms with van der Waals surface area (Å²) in [5.41, 5.74) is 8.06. The Morgan fingerprint density at radius 2 is 1.66 bits per heavy atom. The Morgan fingerprint density at radius 1 is 0.977 bits per heavy atom. The zero-order valence-electron chi connectivity index (χ0n) is 22.8. The molecule has 9 nitrogen and oxygen atoms in total. The summed E-state index contributed by atoms with van der Waals surface area (Å²) in [6.07, 6.45) is -4.73. The molecule has 0 aliphatic carbocycles. The second kappa shape index (κ2) is 12.2. The van der Waals surface area contributed by atoms with Crippen LogP contribution in [0.1, 0.15) is 38.5 Å². The van der Waals surface area contributed by atoms with Gasteiger partial charge in [0.1, 0.15) is 12.4 Å². The summed E-state index contributed by atoms with van der Waals surface area (Å²) in [4.78, 5) is 10.4. The highest BCUT2D eigenvalue weighted by molar-refractivity contribution is 7.90. The van der Waals surface area contributed by atoms with Crippen molar-refractivity contribution in [1.82, 2.24) is 5.01 Å². The predicted octanol–water partition coefficient (Wildman–Crippen LogP) is 5.49. The van der Waals surface area contributed by atoms with E-state index >= 15 is 0 Å². The molecule has 0 fully saturated rings. The van der Waals surface area contributed by atoms with Crippen LogP contribution >= 0.6 is 0 Å². The number of ether oxygens (including phenoxy) is 1. The number of alkyl halides is 3. The molecule has 1 unspecified atom stereocenters. The number of guanidine groups is 1. The first kappa shape index (κ1) is 30.3. The lowest BCUT2D eigenvalue weighted by molar-refractivity contribution is -0.137. The van der Waals surface area contributed by atoms with Crippen LogP contribution in [0.3, 0.4) is 0 Å². The number of benzene rings is 4. The maximum atomic E-state index is 13.1. The molecule has 0 amide bonds. The first-order valence-electron chi connectivity index (χ1n) is 13.1. The fourth-order valence-electron chi connectivity index (χ4n) is 4.54. The van der Waals surface area contributed by atoms with Crippen molar-refractivity contribution < 1.29 is 36.2 Å². The Hall–Kier alpha value is -5.17. The highest BCUT2D eigenvalue weighted by Gasteiger charge is 2.33. The van der Waals surface area contributed by atoms with E-state index < -0.39 is 38.6 Å². The number of carboxylic acid groups (broad SMARTS) is 1. The Labute approximate surface area is 250 Å². The number of carbonyl (C=O) groups is 1. The van der Waals surface area contributed by atoms with Gasteiger partial charge in [-0.1, -0.05) is 48.5 Å². The highest BCUT2D eigenvalue weighted by atomic mass is 32.2. The van der Waals surface area contributed by atoms with Crippen LogP contribution in [0.4, 0.5) is 13.2 Å². The normalized spacial score (nSPS) is 15.6. The molecular weight excluding hydrogens is 597 g/mol. The molecule has 1 heterocycles. The molecule has 0 radical (unpaired) electrons. The van der Waals surface area contributed by atoms with E-state index in [0.717, 1.165) is 29.3 Å². The molecule has 5 rings (SSSR count). The van der Waals surface area contributed by atoms with Crippen molar-refractivity contribution in [3.8, 4) is 5.75 Å². The maximum Gasteiger partial charge on any atom is 0.416 e. The summed E-state index contributed by atoms with van der Waals surface area (Å²) in [6.45, 7) is 0.353. The van der Waals surface area contributed by atoms with Gasteiger partial charge in [0, 0.05) is 5.92 Å². The molecule has 13 heteroatoms. The van der Waals surface area contributed by atoms with Crippen LogP contribution in [-0.2, 0) is 22.8 Å². The molecule has 1 aliphatic rings. The molecule has 226 valence electrons. The Balaban J connectivity index is 1.38. The number of halogens is 3. The van der Waals surface area contributed by atoms with Gasteiger partial charge in [0.15, 0.2) is 0 Å². The molecule has 3 N–H and O–H groups in total. The topological polar surface area (TPSA) is 135 Å². The quantitative estimate of drug-likeness (QED) is 0.196. The summed E-state index contributed by atoms with van der Waals surface area (Å²) in [7, 11) is -4.58. The third-order valence-corrected chi connectivity index (χ3v) is 8.09. The summed E-state index contributed by atoms with van der Waals surface area (Å²) >= 11 is 0. The van der Waals surface area contributed by atoms with Crippen molar-refractivity contribution in [3.05, 3.63) is 131 Å². The third-order valence-electron chi connectivity index (χ3n) is 6.81. The smallest absolute Gasteiger partial charge is 0.416 e. The van der Waals surface area contributed by atoms with Crippen LogP contribution < -0.4 is 10.5 Å². The van der Waals surface area contributed by atoms with Gasteiger partial charge in [-0.05, 0) is 71.3 Å². The number of hydrazone groups is 1. The van der Waals surface area contributed by atoms with E-state index in [1.54, 1.807) is 36.4 Å². The first-order chi connectivity index (χ1) is 20.9. The van der Waals surface area contributed by atoms with E-state index in [-0.39, 0.29) is 24.6 Å². The molecule has 4 aromatic rings. The third kappa shape index (κ3) is 6.89. The number of sulfonamides is 1. The molecular formula is C31H25F3N4O5S. The van der Waals surface area contributed by atoms with Crippen LogP contribution in [0.15, 0.2) is 118 Å². The van der Waals surface area contributed by atoms with E-state index in [9.17, 15) is 26.4 Å². The second-order valence-electron chi connectivity index (χ2n) is 9.80. The van der Waals surface area contributed by atoms with Crippen molar-refractivity contribution in [3.63, 3.8) is 0 Å². The SMILES string of the molecule is N/C(=N\S(=O)(=O)c1cccc(C(F)(F)F)c1)N1CC(c2ccccc2)C(c2ccc(OCc3ccc(C(=O)O)cc3)cc2)=N1. The van der Waals surface area contributed by atoms with Gasteiger partial charge in [-0.3, -0.25) is 0 Å². The molecule has 0 saturated heterocycles. The van der Waals surface area contributed by atoms with E-state index in [4.69, 9.17) is 15.6 Å². The minimum atomic E-state index is -4.73. The number of hydrogen-bond acceptors (Lipinski definition) is 5. The summed E-state index contributed by atoms with van der Waals surface area (Å²) in [5, 5.41) is 14.8. The van der Waals surface area contributed by atoms with Crippen LogP contribution in [0.25, 0.3) is 0 Å². The molecule has 4 aromatic carbocycles. The molecule has 0 saturated carbocycles. The van der Waals surface area contributed by atoms with Gasteiger partial charge in [0.05, 0.1) is 28.3 Å². The van der Waals surface area contributed by atoms with E-state index in [0.29, 0.717) is 23.1 Å². The number of nitrogens with two attached hydrogens (primary N) is 1. The van der Waals surface area contributed by atoms with Gasteiger partial charge in [-0.2, -0.15) is 26.7 Å². The minimum Gasteiger partial charge on any atom is -0.489 e. The number of nitrogens with zero attached hydrogens (tertiary/aromatic N) is 3. The average molecular weight is 623 g/mol. The van der Waals surface area contributed by atoms with Crippen molar-refractivity contribution in [2.75, 3.05) is 6.54 Å². The molecule has 0 spiro atoms. The molecule has 1 atom stereocenters. The lowest BCUT2D eigenvalue weighted by atomic mass is 9.90. The fourth-order valence-corrected chi connectivity index (χ4v) is 5.51. The average Bonchev–Trinajstić information content (AvgIpc) is 3.46. The van der Waals surface area contributed by atoms with Crippen molar-refractivity contribution in [2.45, 2.75) is 23.6 Å². The lowest BCUT2D eigenvalue weighted by Crippen LogP contribution is -2.33. The molecule has 1 aliphatic heterocycles. The first-order valence-corrected chi connectivity index (χ1v) is 14.6. The maximum absolute atomic E-state index is 13.1.